The number of rotatable bonds is 5. The Morgan fingerprint density at radius 3 is 2.62 bits per heavy atom. The topological polar surface area (TPSA) is 66.9 Å². The van der Waals surface area contributed by atoms with Gasteiger partial charge in [0.15, 0.2) is 0 Å². The second kappa shape index (κ2) is 7.70. The van der Waals surface area contributed by atoms with Crippen LogP contribution in [-0.2, 0) is 6.54 Å². The van der Waals surface area contributed by atoms with Crippen LogP contribution in [0.1, 0.15) is 16.1 Å². The van der Waals surface area contributed by atoms with Gasteiger partial charge in [-0.15, -0.1) is 0 Å². The van der Waals surface area contributed by atoms with Gasteiger partial charge < -0.3 is 10.6 Å². The van der Waals surface area contributed by atoms with Crippen molar-refractivity contribution in [3.63, 3.8) is 0 Å². The molecular formula is C18H15BrN4O. The van der Waals surface area contributed by atoms with Crippen LogP contribution < -0.4 is 10.6 Å². The number of hydrogen-bond acceptors (Lipinski definition) is 4. The zero-order chi connectivity index (χ0) is 16.8. The SMILES string of the molecule is O=C(Nc1ccc(Br)cc1)c1cc(NCc2cccnc2)ccn1. The largest absolute Gasteiger partial charge is 0.381 e. The van der Waals surface area contributed by atoms with Crippen molar-refractivity contribution in [2.24, 2.45) is 0 Å². The number of nitrogens with zero attached hydrogens (tertiary/aromatic N) is 2. The average molecular weight is 383 g/mol. The normalized spacial score (nSPS) is 10.2. The zero-order valence-corrected chi connectivity index (χ0v) is 14.3. The predicted molar refractivity (Wildman–Crippen MR) is 97.9 cm³/mol. The van der Waals surface area contributed by atoms with Crippen molar-refractivity contribution in [1.82, 2.24) is 9.97 Å². The Morgan fingerprint density at radius 1 is 1.04 bits per heavy atom. The molecule has 0 unspecified atom stereocenters. The summed E-state index contributed by atoms with van der Waals surface area (Å²) in [6.45, 7) is 0.631. The van der Waals surface area contributed by atoms with Crippen LogP contribution >= 0.6 is 15.9 Å². The van der Waals surface area contributed by atoms with E-state index in [1.807, 2.05) is 42.5 Å². The van der Waals surface area contributed by atoms with Crippen LogP contribution in [0.25, 0.3) is 0 Å². The number of aromatic nitrogens is 2. The van der Waals surface area contributed by atoms with Crippen molar-refractivity contribution in [3.05, 3.63) is 82.9 Å². The minimum atomic E-state index is -0.248. The molecule has 6 heteroatoms. The number of pyridine rings is 2. The van der Waals surface area contributed by atoms with E-state index in [1.165, 1.54) is 0 Å². The third kappa shape index (κ3) is 4.39. The van der Waals surface area contributed by atoms with Gasteiger partial charge in [0.2, 0.25) is 0 Å². The number of amides is 1. The molecule has 0 saturated heterocycles. The number of halogens is 1. The van der Waals surface area contributed by atoms with Gasteiger partial charge in [0.25, 0.3) is 5.91 Å². The molecule has 0 aliphatic heterocycles. The monoisotopic (exact) mass is 382 g/mol. The summed E-state index contributed by atoms with van der Waals surface area (Å²) < 4.78 is 0.959. The molecule has 0 radical (unpaired) electrons. The van der Waals surface area contributed by atoms with E-state index in [0.29, 0.717) is 12.2 Å². The summed E-state index contributed by atoms with van der Waals surface area (Å²) in [6.07, 6.45) is 5.15. The molecule has 1 aromatic carbocycles. The first kappa shape index (κ1) is 16.1. The van der Waals surface area contributed by atoms with Crippen molar-refractivity contribution < 1.29 is 4.79 Å². The lowest BCUT2D eigenvalue weighted by Gasteiger charge is -2.08. The molecule has 0 bridgehead atoms. The highest BCUT2D eigenvalue weighted by molar-refractivity contribution is 9.10. The maximum Gasteiger partial charge on any atom is 0.274 e. The molecule has 3 aromatic rings. The van der Waals surface area contributed by atoms with Crippen molar-refractivity contribution in [3.8, 4) is 0 Å². The summed E-state index contributed by atoms with van der Waals surface area (Å²) in [5.74, 6) is -0.248. The smallest absolute Gasteiger partial charge is 0.274 e. The molecule has 24 heavy (non-hydrogen) atoms. The Labute approximate surface area is 148 Å². The molecule has 2 aromatic heterocycles. The zero-order valence-electron chi connectivity index (χ0n) is 12.7. The standard InChI is InChI=1S/C18H15BrN4O/c19-14-3-5-15(6-4-14)23-18(24)17-10-16(7-9-21-17)22-12-13-2-1-8-20-11-13/h1-11H,12H2,(H,21,22)(H,23,24). The number of nitrogens with one attached hydrogen (secondary N) is 2. The lowest BCUT2D eigenvalue weighted by Crippen LogP contribution is -2.14. The maximum atomic E-state index is 12.3. The number of anilines is 2. The van der Waals surface area contributed by atoms with Gasteiger partial charge in [-0.1, -0.05) is 22.0 Å². The third-order valence-electron chi connectivity index (χ3n) is 3.31. The van der Waals surface area contributed by atoms with E-state index >= 15 is 0 Å². The first-order valence-electron chi connectivity index (χ1n) is 7.36. The van der Waals surface area contributed by atoms with Gasteiger partial charge in [-0.25, -0.2) is 0 Å². The summed E-state index contributed by atoms with van der Waals surface area (Å²) in [4.78, 5) is 20.5. The summed E-state index contributed by atoms with van der Waals surface area (Å²) in [5.41, 5.74) is 2.97. The fraction of sp³-hybridized carbons (Fsp3) is 0.0556. The number of carbonyl (C=O) groups is 1. The molecule has 2 N–H and O–H groups in total. The van der Waals surface area contributed by atoms with Gasteiger partial charge in [-0.3, -0.25) is 14.8 Å². The Kier molecular flexibility index (Phi) is 5.18. The van der Waals surface area contributed by atoms with E-state index in [4.69, 9.17) is 0 Å². The Hall–Kier alpha value is -2.73. The lowest BCUT2D eigenvalue weighted by molar-refractivity contribution is 0.102. The summed E-state index contributed by atoms with van der Waals surface area (Å²) in [5, 5.41) is 6.09. The fourth-order valence-electron chi connectivity index (χ4n) is 2.10. The van der Waals surface area contributed by atoms with Crippen LogP contribution in [0.5, 0.6) is 0 Å². The third-order valence-corrected chi connectivity index (χ3v) is 3.84. The van der Waals surface area contributed by atoms with E-state index in [9.17, 15) is 4.79 Å². The Morgan fingerprint density at radius 2 is 1.88 bits per heavy atom. The molecule has 0 atom stereocenters. The Balaban J connectivity index is 1.65. The molecule has 3 rings (SSSR count). The minimum absolute atomic E-state index is 0.248. The van der Waals surface area contributed by atoms with Crippen LogP contribution in [0, 0.1) is 0 Å². The second-order valence-corrected chi connectivity index (χ2v) is 6.02. The van der Waals surface area contributed by atoms with E-state index < -0.39 is 0 Å². The number of benzene rings is 1. The highest BCUT2D eigenvalue weighted by atomic mass is 79.9. The summed E-state index contributed by atoms with van der Waals surface area (Å²) in [7, 11) is 0. The quantitative estimate of drug-likeness (QED) is 0.696. The van der Waals surface area contributed by atoms with Crippen molar-refractivity contribution in [2.75, 3.05) is 10.6 Å². The molecule has 0 saturated carbocycles. The molecule has 5 nitrogen and oxygen atoms in total. The average Bonchev–Trinajstić information content (AvgIpc) is 2.63. The van der Waals surface area contributed by atoms with Crippen LogP contribution in [0.3, 0.4) is 0 Å². The first-order chi connectivity index (χ1) is 11.7. The molecule has 0 aliphatic rings. The summed E-state index contributed by atoms with van der Waals surface area (Å²) in [6, 6.07) is 14.8. The maximum absolute atomic E-state index is 12.3. The van der Waals surface area contributed by atoms with Crippen molar-refractivity contribution >= 4 is 33.2 Å². The van der Waals surface area contributed by atoms with Gasteiger partial charge in [-0.2, -0.15) is 0 Å². The van der Waals surface area contributed by atoms with E-state index in [2.05, 4.69) is 36.5 Å². The van der Waals surface area contributed by atoms with Crippen LogP contribution in [0.2, 0.25) is 0 Å². The minimum Gasteiger partial charge on any atom is -0.381 e. The predicted octanol–water partition coefficient (Wildman–Crippen LogP) is 4.10. The van der Waals surface area contributed by atoms with Gasteiger partial charge in [0.05, 0.1) is 0 Å². The van der Waals surface area contributed by atoms with Crippen molar-refractivity contribution in [1.29, 1.82) is 0 Å². The van der Waals surface area contributed by atoms with Gasteiger partial charge >= 0.3 is 0 Å². The van der Waals surface area contributed by atoms with Crippen LogP contribution in [0.4, 0.5) is 11.4 Å². The molecule has 1 amide bonds. The Bertz CT molecular complexity index is 822. The number of hydrogen-bond donors (Lipinski definition) is 2. The van der Waals surface area contributed by atoms with Gasteiger partial charge in [-0.05, 0) is 48.0 Å². The highest BCUT2D eigenvalue weighted by Gasteiger charge is 2.08. The van der Waals surface area contributed by atoms with Crippen molar-refractivity contribution in [2.45, 2.75) is 6.54 Å². The van der Waals surface area contributed by atoms with Crippen LogP contribution in [0.15, 0.2) is 71.6 Å². The van der Waals surface area contributed by atoms with E-state index in [1.54, 1.807) is 24.7 Å². The molecule has 0 fully saturated rings. The van der Waals surface area contributed by atoms with E-state index in [-0.39, 0.29) is 5.91 Å². The van der Waals surface area contributed by atoms with Crippen LogP contribution in [-0.4, -0.2) is 15.9 Å². The van der Waals surface area contributed by atoms with Gasteiger partial charge in [0, 0.05) is 41.0 Å². The molecule has 0 aliphatic carbocycles. The van der Waals surface area contributed by atoms with E-state index in [0.717, 1.165) is 21.4 Å². The molecule has 0 spiro atoms. The highest BCUT2D eigenvalue weighted by Crippen LogP contribution is 2.16. The molecule has 120 valence electrons. The fourth-order valence-corrected chi connectivity index (χ4v) is 2.36. The second-order valence-electron chi connectivity index (χ2n) is 5.11. The summed E-state index contributed by atoms with van der Waals surface area (Å²) >= 11 is 3.36. The molecule has 2 heterocycles. The van der Waals surface area contributed by atoms with Gasteiger partial charge in [0.1, 0.15) is 5.69 Å². The number of carbonyl (C=O) groups excluding carboxylic acids is 1. The molecular weight excluding hydrogens is 368 g/mol. The lowest BCUT2D eigenvalue weighted by atomic mass is 10.2. The first-order valence-corrected chi connectivity index (χ1v) is 8.16.